The number of para-hydroxylation sites is 1. The number of imide groups is 1. The highest BCUT2D eigenvalue weighted by Crippen LogP contribution is 2.47. The maximum Gasteiger partial charge on any atom is 0.339 e. The SMILES string of the molecule is O=C1[C@@H]2[C@H](ON(c3ccccc3)[C@@H]2c2ccc(OS(=O)(=O)c3ccccc3)cc2)C(=O)N1Cc1ccccc1. The Hall–Kier alpha value is -4.47. The van der Waals surface area contributed by atoms with Gasteiger partial charge in [-0.15, -0.1) is 0 Å². The first-order valence-electron chi connectivity index (χ1n) is 12.4. The topological polar surface area (TPSA) is 93.2 Å². The number of amides is 2. The fraction of sp³-hybridized carbons (Fsp3) is 0.133. The quantitative estimate of drug-likeness (QED) is 0.252. The van der Waals surface area contributed by atoms with E-state index in [1.807, 2.05) is 60.7 Å². The van der Waals surface area contributed by atoms with Crippen molar-refractivity contribution in [2.24, 2.45) is 5.92 Å². The van der Waals surface area contributed by atoms with E-state index in [0.29, 0.717) is 11.3 Å². The van der Waals surface area contributed by atoms with E-state index in [1.165, 1.54) is 29.2 Å². The van der Waals surface area contributed by atoms with Gasteiger partial charge in [0.25, 0.3) is 5.91 Å². The van der Waals surface area contributed by atoms with Crippen LogP contribution >= 0.6 is 0 Å². The van der Waals surface area contributed by atoms with Crippen LogP contribution in [-0.4, -0.2) is 31.2 Å². The smallest absolute Gasteiger partial charge is 0.339 e. The minimum absolute atomic E-state index is 0.0462. The third-order valence-electron chi connectivity index (χ3n) is 6.86. The molecule has 2 amide bonds. The average molecular weight is 541 g/mol. The Morgan fingerprint density at radius 2 is 1.31 bits per heavy atom. The van der Waals surface area contributed by atoms with Crippen molar-refractivity contribution in [2.75, 3.05) is 5.06 Å². The van der Waals surface area contributed by atoms with E-state index in [-0.39, 0.29) is 29.0 Å². The molecule has 0 aliphatic carbocycles. The molecule has 2 heterocycles. The monoisotopic (exact) mass is 540 g/mol. The number of likely N-dealkylation sites (tertiary alicyclic amines) is 1. The van der Waals surface area contributed by atoms with Crippen LogP contribution in [0.25, 0.3) is 0 Å². The summed E-state index contributed by atoms with van der Waals surface area (Å²) in [5.41, 5.74) is 2.22. The standard InChI is InChI=1S/C30H24N2O6S/c33-29-26-27(22-16-18-24(19-17-22)38-39(35,36)25-14-8-3-9-15-25)32(23-12-6-2-7-13-23)37-28(26)30(34)31(29)20-21-10-4-1-5-11-21/h1-19,26-28H,20H2/t26-,27+,28-/m0/s1. The number of hydrogen-bond acceptors (Lipinski definition) is 7. The van der Waals surface area contributed by atoms with Crippen molar-refractivity contribution < 1.29 is 27.0 Å². The van der Waals surface area contributed by atoms with Gasteiger partial charge >= 0.3 is 10.1 Å². The number of carbonyl (C=O) groups excluding carboxylic acids is 2. The van der Waals surface area contributed by atoms with Crippen molar-refractivity contribution in [3.8, 4) is 5.75 Å². The van der Waals surface area contributed by atoms with Gasteiger partial charge in [0.1, 0.15) is 16.6 Å². The predicted octanol–water partition coefficient (Wildman–Crippen LogP) is 4.50. The molecule has 4 aromatic carbocycles. The number of nitrogens with zero attached hydrogens (tertiary/aromatic N) is 2. The molecule has 9 heteroatoms. The highest BCUT2D eigenvalue weighted by Gasteiger charge is 2.59. The number of hydrogen-bond donors (Lipinski definition) is 0. The molecule has 0 saturated carbocycles. The van der Waals surface area contributed by atoms with Gasteiger partial charge in [-0.3, -0.25) is 19.3 Å². The number of hydroxylamine groups is 1. The van der Waals surface area contributed by atoms with Crippen LogP contribution < -0.4 is 9.25 Å². The summed E-state index contributed by atoms with van der Waals surface area (Å²) in [7, 11) is -4.01. The lowest BCUT2D eigenvalue weighted by Crippen LogP contribution is -2.36. The number of anilines is 1. The Bertz CT molecular complexity index is 1600. The van der Waals surface area contributed by atoms with Crippen LogP contribution in [0.1, 0.15) is 17.2 Å². The van der Waals surface area contributed by atoms with Crippen LogP contribution in [0.15, 0.2) is 120 Å². The van der Waals surface area contributed by atoms with Crippen LogP contribution in [0.4, 0.5) is 5.69 Å². The summed E-state index contributed by atoms with van der Waals surface area (Å²) in [6.07, 6.45) is -0.971. The Balaban J connectivity index is 1.31. The molecule has 0 aromatic heterocycles. The van der Waals surface area contributed by atoms with E-state index in [0.717, 1.165) is 5.56 Å². The van der Waals surface area contributed by atoms with E-state index >= 15 is 0 Å². The summed E-state index contributed by atoms with van der Waals surface area (Å²) in [6, 6.07) is 32.3. The Morgan fingerprint density at radius 1 is 0.718 bits per heavy atom. The molecular weight excluding hydrogens is 516 g/mol. The molecule has 4 aromatic rings. The highest BCUT2D eigenvalue weighted by atomic mass is 32.2. The summed E-state index contributed by atoms with van der Waals surface area (Å²) in [4.78, 5) is 34.5. The second-order valence-electron chi connectivity index (χ2n) is 9.33. The summed E-state index contributed by atoms with van der Waals surface area (Å²) in [6.45, 7) is 0.164. The van der Waals surface area contributed by atoms with Crippen molar-refractivity contribution >= 4 is 27.6 Å². The highest BCUT2D eigenvalue weighted by molar-refractivity contribution is 7.87. The lowest BCUT2D eigenvalue weighted by Gasteiger charge is -2.28. The van der Waals surface area contributed by atoms with Gasteiger partial charge in [-0.25, -0.2) is 5.06 Å². The van der Waals surface area contributed by atoms with Crippen LogP contribution in [0.2, 0.25) is 0 Å². The van der Waals surface area contributed by atoms with Crippen molar-refractivity contribution in [2.45, 2.75) is 23.6 Å². The minimum Gasteiger partial charge on any atom is -0.379 e. The minimum atomic E-state index is -4.01. The molecule has 0 unspecified atom stereocenters. The average Bonchev–Trinajstić information content (AvgIpc) is 3.47. The summed E-state index contributed by atoms with van der Waals surface area (Å²) in [5.74, 6) is -1.35. The Kier molecular flexibility index (Phi) is 6.38. The predicted molar refractivity (Wildman–Crippen MR) is 143 cm³/mol. The van der Waals surface area contributed by atoms with E-state index in [2.05, 4.69) is 0 Å². The van der Waals surface area contributed by atoms with E-state index in [9.17, 15) is 18.0 Å². The first-order chi connectivity index (χ1) is 18.9. The molecule has 0 radical (unpaired) electrons. The molecule has 2 fully saturated rings. The van der Waals surface area contributed by atoms with Crippen molar-refractivity contribution in [3.63, 3.8) is 0 Å². The van der Waals surface area contributed by atoms with Crippen LogP contribution in [0.3, 0.4) is 0 Å². The van der Waals surface area contributed by atoms with Gasteiger partial charge in [-0.05, 0) is 47.5 Å². The normalized spacial score (nSPS) is 20.8. The molecule has 39 heavy (non-hydrogen) atoms. The second-order valence-corrected chi connectivity index (χ2v) is 10.9. The zero-order chi connectivity index (χ0) is 27.0. The molecule has 2 aliphatic rings. The van der Waals surface area contributed by atoms with Gasteiger partial charge in [-0.2, -0.15) is 8.42 Å². The number of rotatable bonds is 7. The summed E-state index contributed by atoms with van der Waals surface area (Å²) >= 11 is 0. The van der Waals surface area contributed by atoms with Gasteiger partial charge in [0.15, 0.2) is 6.10 Å². The zero-order valence-electron chi connectivity index (χ0n) is 20.7. The Labute approximate surface area is 226 Å². The Morgan fingerprint density at radius 3 is 1.95 bits per heavy atom. The fourth-order valence-electron chi connectivity index (χ4n) is 5.01. The van der Waals surface area contributed by atoms with Gasteiger partial charge < -0.3 is 4.18 Å². The lowest BCUT2D eigenvalue weighted by molar-refractivity contribution is -0.143. The fourth-order valence-corrected chi connectivity index (χ4v) is 5.96. The van der Waals surface area contributed by atoms with Crippen molar-refractivity contribution in [3.05, 3.63) is 126 Å². The lowest BCUT2D eigenvalue weighted by atomic mass is 9.90. The van der Waals surface area contributed by atoms with Gasteiger partial charge in [-0.1, -0.05) is 78.9 Å². The third kappa shape index (κ3) is 4.67. The van der Waals surface area contributed by atoms with Gasteiger partial charge in [0, 0.05) is 0 Å². The molecule has 0 N–H and O–H groups in total. The molecule has 0 spiro atoms. The third-order valence-corrected chi connectivity index (χ3v) is 8.12. The number of carbonyl (C=O) groups is 2. The van der Waals surface area contributed by atoms with E-state index < -0.39 is 28.2 Å². The molecule has 2 saturated heterocycles. The van der Waals surface area contributed by atoms with Crippen LogP contribution in [-0.2, 0) is 31.1 Å². The van der Waals surface area contributed by atoms with Crippen LogP contribution in [0.5, 0.6) is 5.75 Å². The number of benzene rings is 4. The summed E-state index contributed by atoms with van der Waals surface area (Å²) in [5, 5.41) is 1.60. The molecule has 6 rings (SSSR count). The molecule has 2 aliphatic heterocycles. The number of fused-ring (bicyclic) bond motifs is 1. The first kappa shape index (κ1) is 24.8. The van der Waals surface area contributed by atoms with Gasteiger partial charge in [0.05, 0.1) is 18.3 Å². The van der Waals surface area contributed by atoms with E-state index in [1.54, 1.807) is 35.4 Å². The summed E-state index contributed by atoms with van der Waals surface area (Å²) < 4.78 is 30.6. The van der Waals surface area contributed by atoms with E-state index in [4.69, 9.17) is 9.02 Å². The second kappa shape index (κ2) is 10.0. The zero-order valence-corrected chi connectivity index (χ0v) is 21.5. The van der Waals surface area contributed by atoms with Crippen LogP contribution in [0, 0.1) is 5.92 Å². The maximum atomic E-state index is 13.7. The largest absolute Gasteiger partial charge is 0.379 e. The maximum absolute atomic E-state index is 13.7. The molecule has 0 bridgehead atoms. The molecular formula is C30H24N2O6S. The van der Waals surface area contributed by atoms with Crippen molar-refractivity contribution in [1.29, 1.82) is 0 Å². The van der Waals surface area contributed by atoms with Gasteiger partial charge in [0.2, 0.25) is 5.91 Å². The molecule has 196 valence electrons. The van der Waals surface area contributed by atoms with Crippen molar-refractivity contribution in [1.82, 2.24) is 4.90 Å². The first-order valence-corrected chi connectivity index (χ1v) is 13.8. The molecule has 8 nitrogen and oxygen atoms in total. The molecule has 3 atom stereocenters.